The number of anilines is 2. The standard InChI is InChI=1S/C13H10N4O4S2/c14-7-9(8-16-13-15-5-6-22-13)12(18)17-10-1-3-11(4-2-10)23(19,20)21/h1-6,8H,(H,15,16)(H,17,18)(H,19,20,21)/b9-8-. The summed E-state index contributed by atoms with van der Waals surface area (Å²) in [6.07, 6.45) is 2.80. The summed E-state index contributed by atoms with van der Waals surface area (Å²) in [5, 5.41) is 16.4. The van der Waals surface area contributed by atoms with Crippen molar-refractivity contribution < 1.29 is 17.8 Å². The number of rotatable bonds is 5. The van der Waals surface area contributed by atoms with Crippen molar-refractivity contribution in [3.05, 3.63) is 47.6 Å². The van der Waals surface area contributed by atoms with E-state index in [-0.39, 0.29) is 16.2 Å². The molecule has 0 aliphatic rings. The highest BCUT2D eigenvalue weighted by molar-refractivity contribution is 7.85. The van der Waals surface area contributed by atoms with Crippen LogP contribution >= 0.6 is 11.3 Å². The molecule has 0 saturated heterocycles. The van der Waals surface area contributed by atoms with Crippen molar-refractivity contribution in [1.82, 2.24) is 4.98 Å². The first-order valence-electron chi connectivity index (χ1n) is 6.05. The molecule has 1 aromatic heterocycles. The fourth-order valence-corrected chi connectivity index (χ4v) is 2.47. The maximum absolute atomic E-state index is 12.0. The topological polar surface area (TPSA) is 132 Å². The largest absolute Gasteiger partial charge is 0.337 e. The number of amides is 1. The molecule has 0 fully saturated rings. The van der Waals surface area contributed by atoms with Gasteiger partial charge in [0.25, 0.3) is 16.0 Å². The van der Waals surface area contributed by atoms with Crippen molar-refractivity contribution in [2.24, 2.45) is 0 Å². The molecule has 1 amide bonds. The van der Waals surface area contributed by atoms with E-state index in [4.69, 9.17) is 9.81 Å². The third kappa shape index (κ3) is 4.62. The number of carbonyl (C=O) groups is 1. The molecule has 0 spiro atoms. The monoisotopic (exact) mass is 350 g/mol. The third-order valence-electron chi connectivity index (χ3n) is 2.55. The first kappa shape index (κ1) is 16.6. The lowest BCUT2D eigenvalue weighted by atomic mass is 10.2. The second-order valence-electron chi connectivity index (χ2n) is 4.10. The first-order valence-corrected chi connectivity index (χ1v) is 8.37. The van der Waals surface area contributed by atoms with Crippen LogP contribution in [0.2, 0.25) is 0 Å². The van der Waals surface area contributed by atoms with Gasteiger partial charge in [0.05, 0.1) is 4.90 Å². The molecule has 0 unspecified atom stereocenters. The van der Waals surface area contributed by atoms with Gasteiger partial charge in [0.2, 0.25) is 0 Å². The quantitative estimate of drug-likeness (QED) is 0.426. The Morgan fingerprint density at radius 3 is 2.57 bits per heavy atom. The zero-order valence-corrected chi connectivity index (χ0v) is 13.1. The van der Waals surface area contributed by atoms with Crippen LogP contribution in [0.25, 0.3) is 0 Å². The molecule has 0 bridgehead atoms. The zero-order valence-electron chi connectivity index (χ0n) is 11.4. The average molecular weight is 350 g/mol. The SMILES string of the molecule is N#C/C(=C/Nc1nccs1)C(=O)Nc1ccc(S(=O)(=O)O)cc1. The number of benzene rings is 1. The van der Waals surface area contributed by atoms with E-state index in [2.05, 4.69) is 15.6 Å². The van der Waals surface area contributed by atoms with E-state index in [1.807, 2.05) is 0 Å². The van der Waals surface area contributed by atoms with Crippen LogP contribution in [0.5, 0.6) is 0 Å². The first-order chi connectivity index (χ1) is 10.9. The van der Waals surface area contributed by atoms with Crippen LogP contribution in [0.4, 0.5) is 10.8 Å². The third-order valence-corrected chi connectivity index (χ3v) is 4.12. The van der Waals surface area contributed by atoms with Crippen LogP contribution in [-0.2, 0) is 14.9 Å². The molecule has 0 saturated carbocycles. The van der Waals surface area contributed by atoms with E-state index in [0.717, 1.165) is 12.1 Å². The van der Waals surface area contributed by atoms with Crippen molar-refractivity contribution in [2.75, 3.05) is 10.6 Å². The Kier molecular flexibility index (Phi) is 5.07. The molecule has 2 rings (SSSR count). The molecule has 10 heteroatoms. The fraction of sp³-hybridized carbons (Fsp3) is 0. The van der Waals surface area contributed by atoms with Crippen molar-refractivity contribution in [2.45, 2.75) is 4.90 Å². The van der Waals surface area contributed by atoms with Gasteiger partial charge in [0.15, 0.2) is 5.13 Å². The van der Waals surface area contributed by atoms with Gasteiger partial charge in [-0.15, -0.1) is 11.3 Å². The number of hydrogen-bond donors (Lipinski definition) is 3. The zero-order chi connectivity index (χ0) is 16.9. The minimum Gasteiger partial charge on any atom is -0.337 e. The molecule has 0 radical (unpaired) electrons. The van der Waals surface area contributed by atoms with Crippen LogP contribution in [0.15, 0.2) is 52.5 Å². The predicted octanol–water partition coefficient (Wildman–Crippen LogP) is 1.85. The minimum absolute atomic E-state index is 0.181. The molecule has 1 heterocycles. The molecule has 2 aromatic rings. The van der Waals surface area contributed by atoms with E-state index < -0.39 is 16.0 Å². The number of carbonyl (C=O) groups excluding carboxylic acids is 1. The lowest BCUT2D eigenvalue weighted by Crippen LogP contribution is -2.14. The van der Waals surface area contributed by atoms with Crippen LogP contribution in [0.1, 0.15) is 0 Å². The van der Waals surface area contributed by atoms with Crippen molar-refractivity contribution in [1.29, 1.82) is 5.26 Å². The second kappa shape index (κ2) is 7.01. The Morgan fingerprint density at radius 2 is 2.04 bits per heavy atom. The van der Waals surface area contributed by atoms with Crippen molar-refractivity contribution in [3.8, 4) is 6.07 Å². The minimum atomic E-state index is -4.29. The van der Waals surface area contributed by atoms with E-state index in [9.17, 15) is 13.2 Å². The molecular weight excluding hydrogens is 340 g/mol. The highest BCUT2D eigenvalue weighted by Crippen LogP contribution is 2.15. The number of aromatic nitrogens is 1. The number of nitrogens with zero attached hydrogens (tertiary/aromatic N) is 2. The molecule has 118 valence electrons. The van der Waals surface area contributed by atoms with Crippen molar-refractivity contribution >= 4 is 38.2 Å². The summed E-state index contributed by atoms with van der Waals surface area (Å²) in [4.78, 5) is 15.6. The van der Waals surface area contributed by atoms with Gasteiger partial charge in [0, 0.05) is 23.5 Å². The Morgan fingerprint density at radius 1 is 1.35 bits per heavy atom. The summed E-state index contributed by atoms with van der Waals surface area (Å²) in [5.41, 5.74) is 0.0943. The van der Waals surface area contributed by atoms with E-state index in [1.165, 1.54) is 29.7 Å². The molecule has 0 aliphatic heterocycles. The molecule has 1 aromatic carbocycles. The van der Waals surface area contributed by atoms with Crippen LogP contribution in [0.3, 0.4) is 0 Å². The Hall–Kier alpha value is -2.74. The molecule has 0 atom stereocenters. The molecule has 3 N–H and O–H groups in total. The van der Waals surface area contributed by atoms with E-state index in [1.54, 1.807) is 17.6 Å². The van der Waals surface area contributed by atoms with Gasteiger partial charge in [-0.25, -0.2) is 4.98 Å². The lowest BCUT2D eigenvalue weighted by Gasteiger charge is -2.05. The van der Waals surface area contributed by atoms with Gasteiger partial charge >= 0.3 is 0 Å². The molecule has 23 heavy (non-hydrogen) atoms. The summed E-state index contributed by atoms with van der Waals surface area (Å²) in [5.74, 6) is -0.670. The highest BCUT2D eigenvalue weighted by Gasteiger charge is 2.12. The number of nitriles is 1. The normalized spacial score (nSPS) is 11.6. The maximum Gasteiger partial charge on any atom is 0.294 e. The van der Waals surface area contributed by atoms with Gasteiger partial charge in [-0.1, -0.05) is 0 Å². The average Bonchev–Trinajstić information content (AvgIpc) is 3.01. The summed E-state index contributed by atoms with van der Waals surface area (Å²) in [6, 6.07) is 6.61. The number of thiazole rings is 1. The number of nitrogens with one attached hydrogen (secondary N) is 2. The summed E-state index contributed by atoms with van der Waals surface area (Å²) < 4.78 is 30.7. The van der Waals surface area contributed by atoms with E-state index >= 15 is 0 Å². The van der Waals surface area contributed by atoms with E-state index in [0.29, 0.717) is 5.13 Å². The molecule has 8 nitrogen and oxygen atoms in total. The smallest absolute Gasteiger partial charge is 0.294 e. The van der Waals surface area contributed by atoms with Gasteiger partial charge in [-0.05, 0) is 24.3 Å². The lowest BCUT2D eigenvalue weighted by molar-refractivity contribution is -0.112. The fourth-order valence-electron chi connectivity index (χ4n) is 1.49. The van der Waals surface area contributed by atoms with Crippen molar-refractivity contribution in [3.63, 3.8) is 0 Å². The van der Waals surface area contributed by atoms with Gasteiger partial charge in [-0.3, -0.25) is 9.35 Å². The van der Waals surface area contributed by atoms with Gasteiger partial charge < -0.3 is 10.6 Å². The Bertz CT molecular complexity index is 866. The molecule has 0 aliphatic carbocycles. The maximum atomic E-state index is 12.0. The number of hydrogen-bond acceptors (Lipinski definition) is 7. The Labute approximate surface area is 135 Å². The second-order valence-corrected chi connectivity index (χ2v) is 6.42. The van der Waals surface area contributed by atoms with Gasteiger partial charge in [-0.2, -0.15) is 13.7 Å². The summed E-state index contributed by atoms with van der Waals surface area (Å²) in [7, 11) is -4.29. The van der Waals surface area contributed by atoms with Gasteiger partial charge in [0.1, 0.15) is 11.6 Å². The van der Waals surface area contributed by atoms with Crippen LogP contribution in [0, 0.1) is 11.3 Å². The van der Waals surface area contributed by atoms with Crippen LogP contribution in [-0.4, -0.2) is 23.9 Å². The summed E-state index contributed by atoms with van der Waals surface area (Å²) in [6.45, 7) is 0. The predicted molar refractivity (Wildman–Crippen MR) is 84.3 cm³/mol. The summed E-state index contributed by atoms with van der Waals surface area (Å²) >= 11 is 1.31. The molecular formula is C13H10N4O4S2. The van der Waals surface area contributed by atoms with Crippen LogP contribution < -0.4 is 10.6 Å². The Balaban J connectivity index is 2.07. The highest BCUT2D eigenvalue weighted by atomic mass is 32.2.